The van der Waals surface area contributed by atoms with E-state index in [9.17, 15) is 13.2 Å². The molecule has 310 valence electrons. The third-order valence-corrected chi connectivity index (χ3v) is 11.6. The van der Waals surface area contributed by atoms with Crippen molar-refractivity contribution in [3.8, 4) is 23.0 Å². The van der Waals surface area contributed by atoms with Gasteiger partial charge in [-0.25, -0.2) is 13.2 Å². The lowest BCUT2D eigenvalue weighted by molar-refractivity contribution is -0.128. The summed E-state index contributed by atoms with van der Waals surface area (Å²) in [5, 5.41) is 0. The van der Waals surface area contributed by atoms with Gasteiger partial charge in [-0.1, -0.05) is 86.0 Å². The van der Waals surface area contributed by atoms with E-state index < -0.39 is 28.1 Å². The summed E-state index contributed by atoms with van der Waals surface area (Å²) in [6.07, 6.45) is 4.01. The Bertz CT molecular complexity index is 2700. The SMILES string of the molecule is C=CC(=C)Oc1ccc(OS(=O)c2ccc(Cc3ccc(N(c4ccc(C)cc4)c4ccc(Cc5ccc(OS(=O)c6ccc(OC(=O)C=C)cc6)cc5)cc4)cc3)cc2)cc1. The number of anilines is 3. The van der Waals surface area contributed by atoms with Crippen LogP contribution in [0, 0.1) is 6.92 Å². The molecule has 0 heterocycles. The molecule has 0 saturated heterocycles. The summed E-state index contributed by atoms with van der Waals surface area (Å²) in [4.78, 5) is 14.7. The van der Waals surface area contributed by atoms with E-state index in [2.05, 4.69) is 104 Å². The Morgan fingerprint density at radius 3 is 1.26 bits per heavy atom. The highest BCUT2D eigenvalue weighted by Gasteiger charge is 2.14. The van der Waals surface area contributed by atoms with Gasteiger partial charge in [-0.05, 0) is 157 Å². The predicted octanol–water partition coefficient (Wildman–Crippen LogP) is 12.0. The topological polar surface area (TPSA) is 91.4 Å². The molecule has 7 rings (SSSR count). The summed E-state index contributed by atoms with van der Waals surface area (Å²) in [5.41, 5.74) is 8.73. The Balaban J connectivity index is 0.971. The molecular weight excluding hydrogens is 815 g/mol. The molecule has 0 radical (unpaired) electrons. The van der Waals surface area contributed by atoms with Crippen molar-refractivity contribution in [2.45, 2.75) is 29.6 Å². The number of carbonyl (C=O) groups is 1. The van der Waals surface area contributed by atoms with Crippen LogP contribution in [0.5, 0.6) is 23.0 Å². The molecule has 8 nitrogen and oxygen atoms in total. The third kappa shape index (κ3) is 11.5. The Hall–Kier alpha value is -7.27. The van der Waals surface area contributed by atoms with E-state index in [4.69, 9.17) is 17.8 Å². The molecule has 0 aliphatic heterocycles. The van der Waals surface area contributed by atoms with Crippen molar-refractivity contribution in [2.75, 3.05) is 4.90 Å². The Morgan fingerprint density at radius 1 is 0.484 bits per heavy atom. The minimum atomic E-state index is -1.75. The summed E-state index contributed by atoms with van der Waals surface area (Å²) in [6.45, 7) is 12.8. The molecule has 0 fully saturated rings. The first-order valence-corrected chi connectivity index (χ1v) is 21.7. The summed E-state index contributed by atoms with van der Waals surface area (Å²) in [5.74, 6) is 1.72. The molecule has 0 aliphatic carbocycles. The Labute approximate surface area is 367 Å². The number of ether oxygens (including phenoxy) is 2. The number of esters is 1. The van der Waals surface area contributed by atoms with Crippen LogP contribution in [0.15, 0.2) is 217 Å². The van der Waals surface area contributed by atoms with Gasteiger partial charge in [0.2, 0.25) is 22.2 Å². The molecule has 0 aliphatic rings. The average molecular weight is 858 g/mol. The Morgan fingerprint density at radius 2 is 0.823 bits per heavy atom. The van der Waals surface area contributed by atoms with Crippen LogP contribution in [0.4, 0.5) is 17.1 Å². The monoisotopic (exact) mass is 857 g/mol. The van der Waals surface area contributed by atoms with E-state index in [-0.39, 0.29) is 0 Å². The molecule has 0 amide bonds. The molecule has 0 N–H and O–H groups in total. The molecule has 0 saturated carbocycles. The molecule has 2 atom stereocenters. The molecule has 7 aromatic carbocycles. The number of benzene rings is 7. The number of carbonyl (C=O) groups excluding carboxylic acids is 1. The van der Waals surface area contributed by atoms with Gasteiger partial charge < -0.3 is 22.7 Å². The smallest absolute Gasteiger partial charge is 0.335 e. The van der Waals surface area contributed by atoms with Crippen LogP contribution in [0.25, 0.3) is 0 Å². The zero-order chi connectivity index (χ0) is 43.4. The van der Waals surface area contributed by atoms with Crippen molar-refractivity contribution < 1.29 is 31.1 Å². The third-order valence-electron chi connectivity index (χ3n) is 9.58. The van der Waals surface area contributed by atoms with Gasteiger partial charge in [0.1, 0.15) is 28.8 Å². The van der Waals surface area contributed by atoms with Gasteiger partial charge in [0.15, 0.2) is 0 Å². The van der Waals surface area contributed by atoms with Crippen molar-refractivity contribution in [1.82, 2.24) is 0 Å². The number of hydrogen-bond donors (Lipinski definition) is 0. The van der Waals surface area contributed by atoms with Crippen LogP contribution in [0.1, 0.15) is 27.8 Å². The van der Waals surface area contributed by atoms with Crippen LogP contribution in [0.2, 0.25) is 0 Å². The molecule has 2 unspecified atom stereocenters. The fraction of sp³-hybridized carbons (Fsp3) is 0.0577. The van der Waals surface area contributed by atoms with E-state index >= 15 is 0 Å². The van der Waals surface area contributed by atoms with Crippen molar-refractivity contribution in [2.24, 2.45) is 0 Å². The van der Waals surface area contributed by atoms with Crippen molar-refractivity contribution in [1.29, 1.82) is 0 Å². The summed E-state index contributed by atoms with van der Waals surface area (Å²) in [7, 11) is 0. The quantitative estimate of drug-likeness (QED) is 0.0277. The molecule has 0 spiro atoms. The lowest BCUT2D eigenvalue weighted by atomic mass is 10.0. The fourth-order valence-electron chi connectivity index (χ4n) is 6.32. The standard InChI is InChI=1S/C52H43NO7S2/c1-5-38(4)57-46-25-27-49(28-26-46)60-61(55)50-31-15-42(16-32-50)36-40-11-21-45(22-12-40)53(43-17-7-37(3)8-18-43)44-19-9-39(10-20-44)35-41-13-23-48(24-14-41)59-62(56)51-33-29-47(30-34-51)58-52(54)6-2/h5-34H,1-2,4,35-36H2,3H3. The highest BCUT2D eigenvalue weighted by Crippen LogP contribution is 2.35. The number of aryl methyl sites for hydroxylation is 1. The lowest BCUT2D eigenvalue weighted by Gasteiger charge is -2.26. The van der Waals surface area contributed by atoms with Gasteiger partial charge in [0.05, 0.1) is 9.79 Å². The van der Waals surface area contributed by atoms with Crippen molar-refractivity contribution in [3.63, 3.8) is 0 Å². The minimum absolute atomic E-state index is 0.327. The first kappa shape index (κ1) is 42.8. The molecule has 7 aromatic rings. The molecule has 0 aromatic heterocycles. The first-order chi connectivity index (χ1) is 30.1. The number of nitrogens with zero attached hydrogens (tertiary/aromatic N) is 1. The average Bonchev–Trinajstić information content (AvgIpc) is 3.30. The van der Waals surface area contributed by atoms with E-state index in [0.717, 1.165) is 45.4 Å². The molecular formula is C52H43NO7S2. The Kier molecular flexibility index (Phi) is 14.0. The fourth-order valence-corrected chi connectivity index (χ4v) is 7.80. The number of allylic oxidation sites excluding steroid dienone is 1. The van der Waals surface area contributed by atoms with Crippen molar-refractivity contribution >= 4 is 45.2 Å². The lowest BCUT2D eigenvalue weighted by Crippen LogP contribution is -2.10. The first-order valence-electron chi connectivity index (χ1n) is 19.6. The summed E-state index contributed by atoms with van der Waals surface area (Å²) >= 11 is -3.43. The predicted molar refractivity (Wildman–Crippen MR) is 247 cm³/mol. The van der Waals surface area contributed by atoms with Crippen LogP contribution in [-0.2, 0) is 39.8 Å². The van der Waals surface area contributed by atoms with E-state index in [1.807, 2.05) is 36.4 Å². The molecule has 62 heavy (non-hydrogen) atoms. The van der Waals surface area contributed by atoms with Gasteiger partial charge >= 0.3 is 5.97 Å². The van der Waals surface area contributed by atoms with E-state index in [0.29, 0.717) is 51.4 Å². The van der Waals surface area contributed by atoms with E-state index in [1.54, 1.807) is 60.7 Å². The number of rotatable bonds is 18. The highest BCUT2D eigenvalue weighted by molar-refractivity contribution is 7.80. The van der Waals surface area contributed by atoms with Crippen LogP contribution >= 0.6 is 0 Å². The maximum atomic E-state index is 13.0. The normalized spacial score (nSPS) is 11.7. The summed E-state index contributed by atoms with van der Waals surface area (Å²) in [6, 6.07) is 53.8. The van der Waals surface area contributed by atoms with Crippen LogP contribution in [0.3, 0.4) is 0 Å². The van der Waals surface area contributed by atoms with Crippen molar-refractivity contribution in [3.05, 3.63) is 235 Å². The largest absolute Gasteiger partial charge is 0.458 e. The maximum absolute atomic E-state index is 13.0. The van der Waals surface area contributed by atoms with Gasteiger partial charge in [-0.15, -0.1) is 0 Å². The minimum Gasteiger partial charge on any atom is -0.458 e. The van der Waals surface area contributed by atoms with Gasteiger partial charge in [0, 0.05) is 23.1 Å². The zero-order valence-electron chi connectivity index (χ0n) is 34.0. The number of hydrogen-bond acceptors (Lipinski definition) is 8. The second-order valence-corrected chi connectivity index (χ2v) is 16.3. The van der Waals surface area contributed by atoms with E-state index in [1.165, 1.54) is 11.6 Å². The highest BCUT2D eigenvalue weighted by atomic mass is 32.2. The molecule has 0 bridgehead atoms. The van der Waals surface area contributed by atoms with Gasteiger partial charge in [-0.3, -0.25) is 0 Å². The van der Waals surface area contributed by atoms with Gasteiger partial charge in [0.25, 0.3) is 0 Å². The molecule has 10 heteroatoms. The second kappa shape index (κ2) is 20.3. The van der Waals surface area contributed by atoms with Crippen LogP contribution < -0.4 is 22.7 Å². The zero-order valence-corrected chi connectivity index (χ0v) is 35.6. The summed E-state index contributed by atoms with van der Waals surface area (Å²) < 4.78 is 47.7. The van der Waals surface area contributed by atoms with Gasteiger partial charge in [-0.2, -0.15) is 0 Å². The second-order valence-electron chi connectivity index (χ2n) is 14.1. The maximum Gasteiger partial charge on any atom is 0.335 e. The van der Waals surface area contributed by atoms with Crippen LogP contribution in [-0.4, -0.2) is 14.4 Å².